The molecule has 2 nitrogen and oxygen atoms in total. The summed E-state index contributed by atoms with van der Waals surface area (Å²) in [4.78, 5) is 0. The fraction of sp³-hybridized carbons (Fsp3) is 0.444. The summed E-state index contributed by atoms with van der Waals surface area (Å²) in [5.41, 5.74) is 6.92. The average molecular weight is 271 g/mol. The summed E-state index contributed by atoms with van der Waals surface area (Å²) in [5, 5.41) is 3.18. The standard InChI is InChI=1S/C18H25NO/c1-5-13-10-14(6-2)18(15(7-3)11-13)16-8-9-20-17(16)12-19-4/h8-11,19H,5-7,12H2,1-4H3. The van der Waals surface area contributed by atoms with Crippen molar-refractivity contribution in [2.75, 3.05) is 7.05 Å². The maximum absolute atomic E-state index is 5.65. The van der Waals surface area contributed by atoms with Crippen LogP contribution in [0.2, 0.25) is 0 Å². The molecule has 0 fully saturated rings. The number of aryl methyl sites for hydroxylation is 3. The Labute approximate surface area is 122 Å². The summed E-state index contributed by atoms with van der Waals surface area (Å²) in [6.07, 6.45) is 5.00. The lowest BCUT2D eigenvalue weighted by Crippen LogP contribution is -2.06. The van der Waals surface area contributed by atoms with Gasteiger partial charge in [-0.05, 0) is 54.6 Å². The Bertz CT molecular complexity index is 544. The van der Waals surface area contributed by atoms with Gasteiger partial charge in [-0.3, -0.25) is 0 Å². The zero-order chi connectivity index (χ0) is 14.5. The topological polar surface area (TPSA) is 25.2 Å². The van der Waals surface area contributed by atoms with Gasteiger partial charge in [0.05, 0.1) is 12.8 Å². The van der Waals surface area contributed by atoms with Crippen LogP contribution in [0.1, 0.15) is 43.2 Å². The molecule has 0 aliphatic rings. The minimum Gasteiger partial charge on any atom is -0.467 e. The molecule has 1 aromatic carbocycles. The first-order valence-corrected chi connectivity index (χ1v) is 7.61. The minimum atomic E-state index is 0.768. The molecule has 0 atom stereocenters. The molecule has 0 unspecified atom stereocenters. The monoisotopic (exact) mass is 271 g/mol. The van der Waals surface area contributed by atoms with Crippen molar-refractivity contribution in [3.05, 3.63) is 46.9 Å². The van der Waals surface area contributed by atoms with Crippen molar-refractivity contribution in [3.63, 3.8) is 0 Å². The minimum absolute atomic E-state index is 0.768. The Hall–Kier alpha value is -1.54. The maximum atomic E-state index is 5.65. The van der Waals surface area contributed by atoms with Crippen LogP contribution in [0.25, 0.3) is 11.1 Å². The van der Waals surface area contributed by atoms with Crippen molar-refractivity contribution in [2.24, 2.45) is 0 Å². The van der Waals surface area contributed by atoms with Crippen LogP contribution in [-0.4, -0.2) is 7.05 Å². The van der Waals surface area contributed by atoms with Gasteiger partial charge in [0.2, 0.25) is 0 Å². The summed E-state index contributed by atoms with van der Waals surface area (Å²) in [6, 6.07) is 6.81. The highest BCUT2D eigenvalue weighted by atomic mass is 16.3. The van der Waals surface area contributed by atoms with Crippen molar-refractivity contribution in [1.82, 2.24) is 5.32 Å². The Kier molecular flexibility index (Phi) is 5.02. The quantitative estimate of drug-likeness (QED) is 0.844. The van der Waals surface area contributed by atoms with Crippen LogP contribution >= 0.6 is 0 Å². The van der Waals surface area contributed by atoms with Gasteiger partial charge < -0.3 is 9.73 Å². The Morgan fingerprint density at radius 2 is 1.65 bits per heavy atom. The van der Waals surface area contributed by atoms with Gasteiger partial charge >= 0.3 is 0 Å². The number of nitrogens with one attached hydrogen (secondary N) is 1. The van der Waals surface area contributed by atoms with Gasteiger partial charge in [0, 0.05) is 5.56 Å². The summed E-state index contributed by atoms with van der Waals surface area (Å²) in [7, 11) is 1.95. The summed E-state index contributed by atoms with van der Waals surface area (Å²) >= 11 is 0. The molecule has 0 bridgehead atoms. The van der Waals surface area contributed by atoms with Crippen LogP contribution in [-0.2, 0) is 25.8 Å². The predicted octanol–water partition coefficient (Wildman–Crippen LogP) is 4.35. The molecule has 1 N–H and O–H groups in total. The number of furan rings is 1. The molecule has 0 saturated heterocycles. The smallest absolute Gasteiger partial charge is 0.125 e. The third-order valence-corrected chi connectivity index (χ3v) is 3.88. The molecular weight excluding hydrogens is 246 g/mol. The van der Waals surface area contributed by atoms with Crippen LogP contribution < -0.4 is 5.32 Å². The highest BCUT2D eigenvalue weighted by molar-refractivity contribution is 5.73. The average Bonchev–Trinajstić information content (AvgIpc) is 2.93. The Balaban J connectivity index is 2.62. The van der Waals surface area contributed by atoms with Crippen LogP contribution in [0.4, 0.5) is 0 Å². The molecule has 20 heavy (non-hydrogen) atoms. The lowest BCUT2D eigenvalue weighted by Gasteiger charge is -2.15. The van der Waals surface area contributed by atoms with E-state index in [2.05, 4.69) is 44.3 Å². The SMILES string of the molecule is CCc1cc(CC)c(-c2ccoc2CNC)c(CC)c1. The Morgan fingerprint density at radius 3 is 2.15 bits per heavy atom. The molecule has 0 saturated carbocycles. The van der Waals surface area contributed by atoms with E-state index < -0.39 is 0 Å². The predicted molar refractivity (Wildman–Crippen MR) is 85.0 cm³/mol. The maximum Gasteiger partial charge on any atom is 0.125 e. The second-order valence-electron chi connectivity index (χ2n) is 5.14. The molecule has 2 heteroatoms. The second-order valence-corrected chi connectivity index (χ2v) is 5.14. The normalized spacial score (nSPS) is 11.0. The third kappa shape index (κ3) is 2.80. The number of hydrogen-bond donors (Lipinski definition) is 1. The highest BCUT2D eigenvalue weighted by Gasteiger charge is 2.15. The number of benzene rings is 1. The van der Waals surface area contributed by atoms with E-state index in [4.69, 9.17) is 4.42 Å². The van der Waals surface area contributed by atoms with E-state index in [1.807, 2.05) is 7.05 Å². The molecule has 0 aliphatic heterocycles. The fourth-order valence-electron chi connectivity index (χ4n) is 2.81. The van der Waals surface area contributed by atoms with Gasteiger partial charge in [0.1, 0.15) is 5.76 Å². The van der Waals surface area contributed by atoms with Crippen LogP contribution in [0.5, 0.6) is 0 Å². The molecule has 1 aromatic heterocycles. The van der Waals surface area contributed by atoms with E-state index in [9.17, 15) is 0 Å². The summed E-state index contributed by atoms with van der Waals surface area (Å²) < 4.78 is 5.65. The first-order valence-electron chi connectivity index (χ1n) is 7.61. The molecule has 1 heterocycles. The zero-order valence-corrected chi connectivity index (χ0v) is 13.0. The highest BCUT2D eigenvalue weighted by Crippen LogP contribution is 2.33. The van der Waals surface area contributed by atoms with Crippen LogP contribution in [0, 0.1) is 0 Å². The first-order chi connectivity index (χ1) is 9.74. The van der Waals surface area contributed by atoms with Crippen molar-refractivity contribution < 1.29 is 4.42 Å². The zero-order valence-electron chi connectivity index (χ0n) is 13.0. The fourth-order valence-corrected chi connectivity index (χ4v) is 2.81. The van der Waals surface area contributed by atoms with Crippen molar-refractivity contribution in [1.29, 1.82) is 0 Å². The third-order valence-electron chi connectivity index (χ3n) is 3.88. The lowest BCUT2D eigenvalue weighted by molar-refractivity contribution is 0.496. The molecule has 108 valence electrons. The van der Waals surface area contributed by atoms with E-state index in [1.54, 1.807) is 6.26 Å². The number of rotatable bonds is 6. The second kappa shape index (κ2) is 6.76. The molecule has 2 rings (SSSR count). The van der Waals surface area contributed by atoms with Crippen molar-refractivity contribution in [3.8, 4) is 11.1 Å². The van der Waals surface area contributed by atoms with Gasteiger partial charge in [0.15, 0.2) is 0 Å². The van der Waals surface area contributed by atoms with Crippen LogP contribution in [0.15, 0.2) is 28.9 Å². The van der Waals surface area contributed by atoms with E-state index in [1.165, 1.54) is 27.8 Å². The van der Waals surface area contributed by atoms with Crippen molar-refractivity contribution >= 4 is 0 Å². The van der Waals surface area contributed by atoms with E-state index in [0.29, 0.717) is 0 Å². The van der Waals surface area contributed by atoms with E-state index >= 15 is 0 Å². The molecule has 2 aromatic rings. The molecular formula is C18H25NO. The van der Waals surface area contributed by atoms with Crippen LogP contribution in [0.3, 0.4) is 0 Å². The summed E-state index contributed by atoms with van der Waals surface area (Å²) in [6.45, 7) is 7.45. The van der Waals surface area contributed by atoms with Gasteiger partial charge in [-0.2, -0.15) is 0 Å². The van der Waals surface area contributed by atoms with Gasteiger partial charge in [0.25, 0.3) is 0 Å². The van der Waals surface area contributed by atoms with E-state index in [0.717, 1.165) is 31.6 Å². The Morgan fingerprint density at radius 1 is 1.00 bits per heavy atom. The molecule has 0 radical (unpaired) electrons. The first kappa shape index (κ1) is 14.9. The van der Waals surface area contributed by atoms with Gasteiger partial charge in [-0.25, -0.2) is 0 Å². The molecule has 0 spiro atoms. The van der Waals surface area contributed by atoms with E-state index in [-0.39, 0.29) is 0 Å². The molecule has 0 amide bonds. The van der Waals surface area contributed by atoms with Crippen molar-refractivity contribution in [2.45, 2.75) is 46.6 Å². The largest absolute Gasteiger partial charge is 0.467 e. The number of hydrogen-bond acceptors (Lipinski definition) is 2. The summed E-state index contributed by atoms with van der Waals surface area (Å²) in [5.74, 6) is 1.03. The van der Waals surface area contributed by atoms with Gasteiger partial charge in [-0.1, -0.05) is 32.9 Å². The van der Waals surface area contributed by atoms with Gasteiger partial charge in [-0.15, -0.1) is 0 Å². The molecule has 0 aliphatic carbocycles. The lowest BCUT2D eigenvalue weighted by atomic mass is 9.89.